The average molecular weight is 199 g/mol. The zero-order valence-electron chi connectivity index (χ0n) is 10.1. The van der Waals surface area contributed by atoms with Crippen LogP contribution in [0.3, 0.4) is 0 Å². The van der Waals surface area contributed by atoms with Gasteiger partial charge >= 0.3 is 0 Å². The van der Waals surface area contributed by atoms with Crippen LogP contribution in [0.5, 0.6) is 0 Å². The second-order valence-electron chi connectivity index (χ2n) is 5.63. The number of hydrogen-bond acceptors (Lipinski definition) is 2. The zero-order valence-corrected chi connectivity index (χ0v) is 10.1. The van der Waals surface area contributed by atoms with Crippen molar-refractivity contribution in [1.82, 2.24) is 4.90 Å². The number of rotatable bonds is 3. The van der Waals surface area contributed by atoms with Gasteiger partial charge in [0.2, 0.25) is 0 Å². The van der Waals surface area contributed by atoms with Crippen LogP contribution in [-0.2, 0) is 0 Å². The quantitative estimate of drug-likeness (QED) is 0.753. The lowest BCUT2D eigenvalue weighted by Gasteiger charge is -2.40. The first kappa shape index (κ1) is 12.0. The van der Waals surface area contributed by atoms with Gasteiger partial charge in [0.05, 0.1) is 6.10 Å². The third-order valence-corrected chi connectivity index (χ3v) is 3.46. The van der Waals surface area contributed by atoms with Crippen molar-refractivity contribution < 1.29 is 5.11 Å². The Balaban J connectivity index is 2.34. The smallest absolute Gasteiger partial charge is 0.0526 e. The van der Waals surface area contributed by atoms with E-state index < -0.39 is 0 Å². The van der Waals surface area contributed by atoms with Gasteiger partial charge in [-0.1, -0.05) is 13.8 Å². The van der Waals surface area contributed by atoms with Gasteiger partial charge < -0.3 is 10.0 Å². The Hall–Kier alpha value is -0.0800. The maximum atomic E-state index is 9.33. The molecule has 2 unspecified atom stereocenters. The van der Waals surface area contributed by atoms with Crippen LogP contribution in [0.2, 0.25) is 0 Å². The standard InChI is InChI=1S/C12H25NO/c1-10(9-11(2)14)13-7-5-12(3,4)6-8-13/h10-11,14H,5-9H2,1-4H3. The third-order valence-electron chi connectivity index (χ3n) is 3.46. The van der Waals surface area contributed by atoms with Gasteiger partial charge in [0.15, 0.2) is 0 Å². The molecule has 0 amide bonds. The predicted molar refractivity (Wildman–Crippen MR) is 60.3 cm³/mol. The molecule has 1 saturated heterocycles. The van der Waals surface area contributed by atoms with Crippen molar-refractivity contribution in [2.24, 2.45) is 5.41 Å². The van der Waals surface area contributed by atoms with Crippen LogP contribution in [0, 0.1) is 5.41 Å². The molecule has 0 aliphatic carbocycles. The Bertz CT molecular complexity index is 167. The maximum absolute atomic E-state index is 9.33. The second kappa shape index (κ2) is 4.63. The zero-order chi connectivity index (χ0) is 10.8. The van der Waals surface area contributed by atoms with E-state index in [-0.39, 0.29) is 6.10 Å². The maximum Gasteiger partial charge on any atom is 0.0526 e. The molecule has 0 aromatic carbocycles. The molecule has 1 aliphatic heterocycles. The van der Waals surface area contributed by atoms with Gasteiger partial charge in [0, 0.05) is 6.04 Å². The summed E-state index contributed by atoms with van der Waals surface area (Å²) in [5.41, 5.74) is 0.529. The van der Waals surface area contributed by atoms with Crippen molar-refractivity contribution in [3.8, 4) is 0 Å². The molecular weight excluding hydrogens is 174 g/mol. The molecule has 0 saturated carbocycles. The highest BCUT2D eigenvalue weighted by Gasteiger charge is 2.27. The fraction of sp³-hybridized carbons (Fsp3) is 1.00. The van der Waals surface area contributed by atoms with Crippen LogP contribution in [0.25, 0.3) is 0 Å². The molecule has 0 bridgehead atoms. The molecule has 1 fully saturated rings. The minimum absolute atomic E-state index is 0.167. The lowest BCUT2D eigenvalue weighted by molar-refractivity contribution is 0.0707. The number of aliphatic hydroxyl groups is 1. The van der Waals surface area contributed by atoms with Crippen LogP contribution in [-0.4, -0.2) is 35.2 Å². The van der Waals surface area contributed by atoms with Crippen LogP contribution >= 0.6 is 0 Å². The first-order chi connectivity index (χ1) is 6.41. The molecule has 0 spiro atoms. The van der Waals surface area contributed by atoms with Gasteiger partial charge in [0.25, 0.3) is 0 Å². The molecule has 1 aliphatic rings. The molecule has 0 aromatic rings. The number of aliphatic hydroxyl groups excluding tert-OH is 1. The van der Waals surface area contributed by atoms with Crippen LogP contribution < -0.4 is 0 Å². The summed E-state index contributed by atoms with van der Waals surface area (Å²) in [5.74, 6) is 0. The summed E-state index contributed by atoms with van der Waals surface area (Å²) in [6.07, 6.45) is 3.31. The molecule has 84 valence electrons. The summed E-state index contributed by atoms with van der Waals surface area (Å²) in [5, 5.41) is 9.33. The van der Waals surface area contributed by atoms with Crippen molar-refractivity contribution in [2.45, 2.75) is 59.1 Å². The Labute approximate surface area is 88.3 Å². The molecule has 2 heteroatoms. The Morgan fingerprint density at radius 2 is 1.71 bits per heavy atom. The largest absolute Gasteiger partial charge is 0.393 e. The van der Waals surface area contributed by atoms with Crippen LogP contribution in [0.4, 0.5) is 0 Å². The lowest BCUT2D eigenvalue weighted by atomic mass is 9.82. The van der Waals surface area contributed by atoms with E-state index in [4.69, 9.17) is 0 Å². The lowest BCUT2D eigenvalue weighted by Crippen LogP contribution is -2.43. The van der Waals surface area contributed by atoms with Crippen molar-refractivity contribution in [1.29, 1.82) is 0 Å². The number of nitrogens with zero attached hydrogens (tertiary/aromatic N) is 1. The van der Waals surface area contributed by atoms with Gasteiger partial charge in [0.1, 0.15) is 0 Å². The van der Waals surface area contributed by atoms with Gasteiger partial charge in [-0.2, -0.15) is 0 Å². The first-order valence-electron chi connectivity index (χ1n) is 5.83. The fourth-order valence-electron chi connectivity index (χ4n) is 2.21. The number of piperidine rings is 1. The summed E-state index contributed by atoms with van der Waals surface area (Å²) < 4.78 is 0. The van der Waals surface area contributed by atoms with E-state index in [9.17, 15) is 5.11 Å². The third kappa shape index (κ3) is 3.58. The second-order valence-corrected chi connectivity index (χ2v) is 5.63. The van der Waals surface area contributed by atoms with Crippen molar-refractivity contribution in [3.05, 3.63) is 0 Å². The van der Waals surface area contributed by atoms with E-state index >= 15 is 0 Å². The molecule has 2 atom stereocenters. The van der Waals surface area contributed by atoms with E-state index in [1.165, 1.54) is 25.9 Å². The molecule has 1 N–H and O–H groups in total. The summed E-state index contributed by atoms with van der Waals surface area (Å²) in [6, 6.07) is 0.533. The van der Waals surface area contributed by atoms with Crippen LogP contribution in [0.15, 0.2) is 0 Å². The molecule has 2 nitrogen and oxygen atoms in total. The normalized spacial score (nSPS) is 27.2. The first-order valence-corrected chi connectivity index (χ1v) is 5.83. The highest BCUT2D eigenvalue weighted by atomic mass is 16.3. The minimum atomic E-state index is -0.167. The SMILES string of the molecule is CC(O)CC(C)N1CCC(C)(C)CC1. The Morgan fingerprint density at radius 1 is 1.21 bits per heavy atom. The molecule has 1 heterocycles. The van der Waals surface area contributed by atoms with Gasteiger partial charge in [-0.25, -0.2) is 0 Å². The fourth-order valence-corrected chi connectivity index (χ4v) is 2.21. The number of hydrogen-bond donors (Lipinski definition) is 1. The van der Waals surface area contributed by atoms with Crippen molar-refractivity contribution in [2.75, 3.05) is 13.1 Å². The molecule has 0 radical (unpaired) electrons. The van der Waals surface area contributed by atoms with Gasteiger partial charge in [-0.05, 0) is 51.6 Å². The van der Waals surface area contributed by atoms with E-state index in [0.29, 0.717) is 11.5 Å². The monoisotopic (exact) mass is 199 g/mol. The van der Waals surface area contributed by atoms with Crippen molar-refractivity contribution in [3.63, 3.8) is 0 Å². The van der Waals surface area contributed by atoms with Gasteiger partial charge in [-0.3, -0.25) is 0 Å². The highest BCUT2D eigenvalue weighted by molar-refractivity contribution is 4.81. The highest BCUT2D eigenvalue weighted by Crippen LogP contribution is 2.30. The molecular formula is C12H25NO. The van der Waals surface area contributed by atoms with Crippen molar-refractivity contribution >= 4 is 0 Å². The summed E-state index contributed by atoms with van der Waals surface area (Å²) >= 11 is 0. The van der Waals surface area contributed by atoms with Crippen LogP contribution in [0.1, 0.15) is 47.0 Å². The number of likely N-dealkylation sites (tertiary alicyclic amines) is 1. The molecule has 1 rings (SSSR count). The molecule has 0 aromatic heterocycles. The average Bonchev–Trinajstić information content (AvgIpc) is 2.02. The molecule has 14 heavy (non-hydrogen) atoms. The summed E-state index contributed by atoms with van der Waals surface area (Å²) in [7, 11) is 0. The summed E-state index contributed by atoms with van der Waals surface area (Å²) in [6.45, 7) is 11.2. The summed E-state index contributed by atoms with van der Waals surface area (Å²) in [4.78, 5) is 2.51. The van der Waals surface area contributed by atoms with E-state index in [2.05, 4.69) is 25.7 Å². The Kier molecular flexibility index (Phi) is 3.96. The minimum Gasteiger partial charge on any atom is -0.393 e. The van der Waals surface area contributed by atoms with E-state index in [0.717, 1.165) is 6.42 Å². The Morgan fingerprint density at radius 3 is 2.14 bits per heavy atom. The van der Waals surface area contributed by atoms with Gasteiger partial charge in [-0.15, -0.1) is 0 Å². The van der Waals surface area contributed by atoms with E-state index in [1.807, 2.05) is 6.92 Å². The topological polar surface area (TPSA) is 23.5 Å². The predicted octanol–water partition coefficient (Wildman–Crippen LogP) is 2.27. The van der Waals surface area contributed by atoms with E-state index in [1.54, 1.807) is 0 Å².